The summed E-state index contributed by atoms with van der Waals surface area (Å²) in [6, 6.07) is 17.4. The van der Waals surface area contributed by atoms with Gasteiger partial charge in [-0.25, -0.2) is 4.98 Å². The van der Waals surface area contributed by atoms with Gasteiger partial charge in [0.2, 0.25) is 5.88 Å². The van der Waals surface area contributed by atoms with Crippen molar-refractivity contribution in [2.75, 3.05) is 0 Å². The molecule has 5 aromatic rings. The number of para-hydroxylation sites is 1. The van der Waals surface area contributed by atoms with Crippen LogP contribution in [0.4, 0.5) is 5.69 Å². The van der Waals surface area contributed by atoms with Crippen molar-refractivity contribution in [1.29, 1.82) is 0 Å². The predicted octanol–water partition coefficient (Wildman–Crippen LogP) is 4.94. The molecule has 0 saturated carbocycles. The van der Waals surface area contributed by atoms with Crippen molar-refractivity contribution >= 4 is 27.5 Å². The number of non-ortho nitro benzene ring substituents is 1. The SMILES string of the molecule is O=[N+]([O-])c1ccc(Oc2nc(-c3cccnc3)nc3ccccc23)c2ncccc12. The van der Waals surface area contributed by atoms with Crippen LogP contribution in [0.15, 0.2) is 79.3 Å². The average molecular weight is 395 g/mol. The molecule has 0 aliphatic rings. The van der Waals surface area contributed by atoms with Gasteiger partial charge in [0, 0.05) is 30.2 Å². The van der Waals surface area contributed by atoms with Gasteiger partial charge in [-0.05, 0) is 42.5 Å². The maximum Gasteiger partial charge on any atom is 0.279 e. The Hall–Kier alpha value is -4.46. The Labute approximate surface area is 170 Å². The standard InChI is InChI=1S/C22H13N5O3/c28-27(29)18-9-10-19(20-16(18)7-4-12-24-20)30-22-15-6-1-2-8-17(15)25-21(26-22)14-5-3-11-23-13-14/h1-13H. The summed E-state index contributed by atoms with van der Waals surface area (Å²) < 4.78 is 6.15. The van der Waals surface area contributed by atoms with Crippen molar-refractivity contribution in [2.24, 2.45) is 0 Å². The van der Waals surface area contributed by atoms with Gasteiger partial charge in [-0.1, -0.05) is 12.1 Å². The molecule has 30 heavy (non-hydrogen) atoms. The third-order valence-electron chi connectivity index (χ3n) is 4.60. The maximum absolute atomic E-state index is 11.4. The Morgan fingerprint density at radius 1 is 0.867 bits per heavy atom. The maximum atomic E-state index is 11.4. The summed E-state index contributed by atoms with van der Waals surface area (Å²) in [6.07, 6.45) is 4.92. The predicted molar refractivity (Wildman–Crippen MR) is 111 cm³/mol. The van der Waals surface area contributed by atoms with E-state index >= 15 is 0 Å². The highest BCUT2D eigenvalue weighted by Gasteiger charge is 2.18. The van der Waals surface area contributed by atoms with Crippen LogP contribution in [-0.2, 0) is 0 Å². The van der Waals surface area contributed by atoms with Crippen molar-refractivity contribution in [1.82, 2.24) is 19.9 Å². The van der Waals surface area contributed by atoms with E-state index in [9.17, 15) is 10.1 Å². The van der Waals surface area contributed by atoms with E-state index in [4.69, 9.17) is 4.74 Å². The van der Waals surface area contributed by atoms with Gasteiger partial charge in [-0.3, -0.25) is 20.1 Å². The van der Waals surface area contributed by atoms with Crippen molar-refractivity contribution in [3.05, 3.63) is 89.4 Å². The topological polar surface area (TPSA) is 104 Å². The molecule has 0 atom stereocenters. The van der Waals surface area contributed by atoms with Crippen LogP contribution in [0.3, 0.4) is 0 Å². The van der Waals surface area contributed by atoms with Gasteiger partial charge < -0.3 is 4.74 Å². The fourth-order valence-electron chi connectivity index (χ4n) is 3.23. The summed E-state index contributed by atoms with van der Waals surface area (Å²) in [5, 5.41) is 12.5. The molecule has 0 aliphatic carbocycles. The zero-order valence-corrected chi connectivity index (χ0v) is 15.5. The molecular formula is C22H13N5O3. The zero-order valence-electron chi connectivity index (χ0n) is 15.5. The van der Waals surface area contributed by atoms with Gasteiger partial charge in [-0.2, -0.15) is 4.98 Å². The largest absolute Gasteiger partial charge is 0.436 e. The number of hydrogen-bond donors (Lipinski definition) is 0. The van der Waals surface area contributed by atoms with E-state index in [0.29, 0.717) is 39.3 Å². The Morgan fingerprint density at radius 3 is 2.53 bits per heavy atom. The lowest BCUT2D eigenvalue weighted by atomic mass is 10.1. The highest BCUT2D eigenvalue weighted by atomic mass is 16.6. The lowest BCUT2D eigenvalue weighted by Crippen LogP contribution is -1.98. The fourth-order valence-corrected chi connectivity index (χ4v) is 3.23. The molecule has 0 amide bonds. The zero-order chi connectivity index (χ0) is 20.5. The molecule has 3 aromatic heterocycles. The molecule has 0 spiro atoms. The summed E-state index contributed by atoms with van der Waals surface area (Å²) in [6.45, 7) is 0. The molecule has 0 saturated heterocycles. The van der Waals surface area contributed by atoms with Gasteiger partial charge >= 0.3 is 0 Å². The number of hydrogen-bond acceptors (Lipinski definition) is 7. The molecule has 0 bridgehead atoms. The number of fused-ring (bicyclic) bond motifs is 2. The Kier molecular flexibility index (Phi) is 4.21. The van der Waals surface area contributed by atoms with Crippen LogP contribution in [0.25, 0.3) is 33.2 Å². The minimum absolute atomic E-state index is 0.0333. The number of nitro groups is 1. The van der Waals surface area contributed by atoms with Gasteiger partial charge in [0.05, 0.1) is 21.2 Å². The second-order valence-corrected chi connectivity index (χ2v) is 6.45. The molecule has 144 valence electrons. The van der Waals surface area contributed by atoms with Crippen LogP contribution < -0.4 is 4.74 Å². The average Bonchev–Trinajstić information content (AvgIpc) is 2.79. The van der Waals surface area contributed by atoms with Crippen LogP contribution in [0, 0.1) is 10.1 Å². The van der Waals surface area contributed by atoms with Crippen LogP contribution in [0.1, 0.15) is 0 Å². The summed E-state index contributed by atoms with van der Waals surface area (Å²) >= 11 is 0. The van der Waals surface area contributed by atoms with Crippen LogP contribution in [0.5, 0.6) is 11.6 Å². The van der Waals surface area contributed by atoms with Gasteiger partial charge in [-0.15, -0.1) is 0 Å². The number of ether oxygens (including phenoxy) is 1. The molecule has 0 unspecified atom stereocenters. The first-order chi connectivity index (χ1) is 14.7. The first-order valence-electron chi connectivity index (χ1n) is 9.08. The highest BCUT2D eigenvalue weighted by molar-refractivity contribution is 5.93. The van der Waals surface area contributed by atoms with Gasteiger partial charge in [0.1, 0.15) is 5.52 Å². The number of benzene rings is 2. The second-order valence-electron chi connectivity index (χ2n) is 6.45. The minimum Gasteiger partial charge on any atom is -0.436 e. The fraction of sp³-hybridized carbons (Fsp3) is 0. The second kappa shape index (κ2) is 7.17. The summed E-state index contributed by atoms with van der Waals surface area (Å²) in [5.74, 6) is 1.17. The molecule has 0 fully saturated rings. The number of pyridine rings is 2. The monoisotopic (exact) mass is 395 g/mol. The molecule has 2 aromatic carbocycles. The quantitative estimate of drug-likeness (QED) is 0.313. The molecule has 3 heterocycles. The summed E-state index contributed by atoms with van der Waals surface area (Å²) in [5.41, 5.74) is 1.81. The Bertz CT molecular complexity index is 1410. The number of nitrogens with zero attached hydrogens (tertiary/aromatic N) is 5. The minimum atomic E-state index is -0.436. The normalized spacial score (nSPS) is 10.9. The van der Waals surface area contributed by atoms with E-state index in [2.05, 4.69) is 19.9 Å². The Balaban J connectivity index is 1.69. The molecule has 8 nitrogen and oxygen atoms in total. The molecule has 8 heteroatoms. The number of rotatable bonds is 4. The molecule has 0 aliphatic heterocycles. The van der Waals surface area contributed by atoms with E-state index in [0.717, 1.165) is 5.56 Å². The molecule has 0 N–H and O–H groups in total. The summed E-state index contributed by atoms with van der Waals surface area (Å²) in [7, 11) is 0. The van der Waals surface area contributed by atoms with E-state index in [-0.39, 0.29) is 5.69 Å². The Morgan fingerprint density at radius 2 is 1.70 bits per heavy atom. The van der Waals surface area contributed by atoms with Crippen molar-refractivity contribution < 1.29 is 9.66 Å². The first-order valence-corrected chi connectivity index (χ1v) is 9.08. The third kappa shape index (κ3) is 3.06. The lowest BCUT2D eigenvalue weighted by Gasteiger charge is -2.11. The van der Waals surface area contributed by atoms with Crippen LogP contribution in [-0.4, -0.2) is 24.9 Å². The number of aromatic nitrogens is 4. The number of nitro benzene ring substituents is 1. The van der Waals surface area contributed by atoms with Crippen LogP contribution in [0.2, 0.25) is 0 Å². The lowest BCUT2D eigenvalue weighted by molar-refractivity contribution is -0.383. The highest BCUT2D eigenvalue weighted by Crippen LogP contribution is 2.36. The van der Waals surface area contributed by atoms with Crippen molar-refractivity contribution in [3.8, 4) is 23.0 Å². The van der Waals surface area contributed by atoms with E-state index in [1.165, 1.54) is 12.1 Å². The van der Waals surface area contributed by atoms with E-state index in [1.807, 2.05) is 36.4 Å². The van der Waals surface area contributed by atoms with Crippen LogP contribution >= 0.6 is 0 Å². The first kappa shape index (κ1) is 17.6. The van der Waals surface area contributed by atoms with E-state index < -0.39 is 4.92 Å². The van der Waals surface area contributed by atoms with E-state index in [1.54, 1.807) is 30.7 Å². The van der Waals surface area contributed by atoms with Crippen molar-refractivity contribution in [2.45, 2.75) is 0 Å². The smallest absolute Gasteiger partial charge is 0.279 e. The molecule has 5 rings (SSSR count). The van der Waals surface area contributed by atoms with Crippen molar-refractivity contribution in [3.63, 3.8) is 0 Å². The molecule has 0 radical (unpaired) electrons. The molecular weight excluding hydrogens is 382 g/mol. The third-order valence-corrected chi connectivity index (χ3v) is 4.60. The summed E-state index contributed by atoms with van der Waals surface area (Å²) in [4.78, 5) is 28.6. The van der Waals surface area contributed by atoms with Gasteiger partial charge in [0.15, 0.2) is 11.6 Å². The van der Waals surface area contributed by atoms with Gasteiger partial charge in [0.25, 0.3) is 5.69 Å².